The van der Waals surface area contributed by atoms with Crippen LogP contribution < -0.4 is 10.6 Å². The third-order valence-electron chi connectivity index (χ3n) is 4.87. The summed E-state index contributed by atoms with van der Waals surface area (Å²) in [7, 11) is 0. The molecule has 0 bridgehead atoms. The van der Waals surface area contributed by atoms with Crippen LogP contribution in [-0.2, 0) is 16.1 Å². The number of halogens is 1. The zero-order valence-corrected chi connectivity index (χ0v) is 15.2. The van der Waals surface area contributed by atoms with E-state index in [0.717, 1.165) is 44.2 Å². The van der Waals surface area contributed by atoms with Gasteiger partial charge in [0, 0.05) is 24.9 Å². The molecule has 1 aromatic rings. The molecular formula is C20H29FN2O2. The highest BCUT2D eigenvalue weighted by Gasteiger charge is 2.29. The van der Waals surface area contributed by atoms with E-state index in [1.807, 2.05) is 0 Å². The molecule has 0 saturated heterocycles. The Morgan fingerprint density at radius 3 is 2.04 bits per heavy atom. The zero-order valence-electron chi connectivity index (χ0n) is 15.2. The van der Waals surface area contributed by atoms with Crippen LogP contribution in [0.15, 0.2) is 24.3 Å². The number of rotatable bonds is 7. The SMILES string of the molecule is CC(C)CCNC(=O)C1CCC(C(=O)NCc2ccc(F)cc2)CC1. The van der Waals surface area contributed by atoms with Gasteiger partial charge in [-0.2, -0.15) is 0 Å². The second-order valence-electron chi connectivity index (χ2n) is 7.37. The maximum absolute atomic E-state index is 12.9. The standard InChI is InChI=1S/C20H29FN2O2/c1-14(2)11-12-22-19(24)16-5-7-17(8-6-16)20(25)23-13-15-3-9-18(21)10-4-15/h3-4,9-10,14,16-17H,5-8,11-13H2,1-2H3,(H,22,24)(H,23,25). The maximum atomic E-state index is 12.9. The van der Waals surface area contributed by atoms with Crippen LogP contribution in [0.2, 0.25) is 0 Å². The summed E-state index contributed by atoms with van der Waals surface area (Å²) in [5.41, 5.74) is 0.882. The number of carbonyl (C=O) groups is 2. The number of hydrogen-bond donors (Lipinski definition) is 2. The lowest BCUT2D eigenvalue weighted by Crippen LogP contribution is -2.37. The minimum absolute atomic E-state index is 0.0276. The minimum Gasteiger partial charge on any atom is -0.356 e. The highest BCUT2D eigenvalue weighted by atomic mass is 19.1. The fraction of sp³-hybridized carbons (Fsp3) is 0.600. The number of carbonyl (C=O) groups excluding carboxylic acids is 2. The number of amides is 2. The molecule has 0 atom stereocenters. The van der Waals surface area contributed by atoms with Gasteiger partial charge in [-0.05, 0) is 55.7 Å². The Morgan fingerprint density at radius 2 is 1.52 bits per heavy atom. The van der Waals surface area contributed by atoms with E-state index in [-0.39, 0.29) is 29.5 Å². The smallest absolute Gasteiger partial charge is 0.223 e. The molecule has 0 radical (unpaired) electrons. The molecule has 2 N–H and O–H groups in total. The molecule has 0 aliphatic heterocycles. The zero-order chi connectivity index (χ0) is 18.2. The van der Waals surface area contributed by atoms with Crippen LogP contribution in [0.25, 0.3) is 0 Å². The summed E-state index contributed by atoms with van der Waals surface area (Å²) in [5.74, 6) is 0.475. The van der Waals surface area contributed by atoms with Crippen LogP contribution in [0.1, 0.15) is 51.5 Å². The van der Waals surface area contributed by atoms with Gasteiger partial charge in [0.2, 0.25) is 11.8 Å². The molecule has 0 heterocycles. The van der Waals surface area contributed by atoms with Crippen LogP contribution in [0, 0.1) is 23.6 Å². The summed E-state index contributed by atoms with van der Waals surface area (Å²) in [6, 6.07) is 6.14. The van der Waals surface area contributed by atoms with Crippen molar-refractivity contribution < 1.29 is 14.0 Å². The van der Waals surface area contributed by atoms with Gasteiger partial charge in [0.15, 0.2) is 0 Å². The van der Waals surface area contributed by atoms with Crippen LogP contribution >= 0.6 is 0 Å². The van der Waals surface area contributed by atoms with Gasteiger partial charge in [0.25, 0.3) is 0 Å². The molecular weight excluding hydrogens is 319 g/mol. The molecule has 0 aromatic heterocycles. The monoisotopic (exact) mass is 348 g/mol. The summed E-state index contributed by atoms with van der Waals surface area (Å²) >= 11 is 0. The van der Waals surface area contributed by atoms with Gasteiger partial charge in [0.1, 0.15) is 5.82 Å². The Kier molecular flexibility index (Phi) is 7.41. The van der Waals surface area contributed by atoms with E-state index >= 15 is 0 Å². The van der Waals surface area contributed by atoms with Crippen LogP contribution in [0.3, 0.4) is 0 Å². The van der Waals surface area contributed by atoms with Crippen molar-refractivity contribution in [3.8, 4) is 0 Å². The van der Waals surface area contributed by atoms with Gasteiger partial charge in [-0.1, -0.05) is 26.0 Å². The molecule has 1 fully saturated rings. The summed E-state index contributed by atoms with van der Waals surface area (Å²) in [6.07, 6.45) is 4.02. The summed E-state index contributed by atoms with van der Waals surface area (Å²) in [5, 5.41) is 5.93. The molecule has 2 rings (SSSR count). The number of nitrogens with one attached hydrogen (secondary N) is 2. The van der Waals surface area contributed by atoms with E-state index in [9.17, 15) is 14.0 Å². The Hall–Kier alpha value is -1.91. The highest BCUT2D eigenvalue weighted by Crippen LogP contribution is 2.29. The molecule has 1 aliphatic rings. The first kappa shape index (κ1) is 19.4. The van der Waals surface area contributed by atoms with Crippen molar-refractivity contribution in [3.63, 3.8) is 0 Å². The van der Waals surface area contributed by atoms with Gasteiger partial charge in [-0.3, -0.25) is 9.59 Å². The molecule has 0 spiro atoms. The van der Waals surface area contributed by atoms with Crippen molar-refractivity contribution in [1.82, 2.24) is 10.6 Å². The molecule has 138 valence electrons. The molecule has 1 saturated carbocycles. The van der Waals surface area contributed by atoms with Gasteiger partial charge in [-0.25, -0.2) is 4.39 Å². The second-order valence-corrected chi connectivity index (χ2v) is 7.37. The molecule has 25 heavy (non-hydrogen) atoms. The quantitative estimate of drug-likeness (QED) is 0.793. The molecule has 1 aromatic carbocycles. The maximum Gasteiger partial charge on any atom is 0.223 e. The van der Waals surface area contributed by atoms with E-state index in [2.05, 4.69) is 24.5 Å². The molecule has 1 aliphatic carbocycles. The van der Waals surface area contributed by atoms with Crippen molar-refractivity contribution >= 4 is 11.8 Å². The lowest BCUT2D eigenvalue weighted by atomic mass is 9.81. The van der Waals surface area contributed by atoms with Crippen LogP contribution in [0.5, 0.6) is 0 Å². The normalized spacial score (nSPS) is 20.3. The fourth-order valence-corrected chi connectivity index (χ4v) is 3.18. The van der Waals surface area contributed by atoms with Gasteiger partial charge in [-0.15, -0.1) is 0 Å². The third-order valence-corrected chi connectivity index (χ3v) is 4.87. The largest absolute Gasteiger partial charge is 0.356 e. The summed E-state index contributed by atoms with van der Waals surface area (Å²) in [6.45, 7) is 5.42. The van der Waals surface area contributed by atoms with E-state index in [0.29, 0.717) is 12.5 Å². The predicted octanol–water partition coefficient (Wildman–Crippen LogP) is 3.41. The first-order valence-corrected chi connectivity index (χ1v) is 9.25. The van der Waals surface area contributed by atoms with E-state index in [1.165, 1.54) is 12.1 Å². The van der Waals surface area contributed by atoms with Gasteiger partial charge < -0.3 is 10.6 Å². The van der Waals surface area contributed by atoms with Crippen molar-refractivity contribution in [3.05, 3.63) is 35.6 Å². The molecule has 2 amide bonds. The number of benzene rings is 1. The van der Waals surface area contributed by atoms with E-state index in [4.69, 9.17) is 0 Å². The average Bonchev–Trinajstić information content (AvgIpc) is 2.60. The van der Waals surface area contributed by atoms with Crippen LogP contribution in [0.4, 0.5) is 4.39 Å². The Balaban J connectivity index is 1.69. The lowest BCUT2D eigenvalue weighted by Gasteiger charge is -2.27. The molecule has 0 unspecified atom stereocenters. The Labute approximate surface area is 149 Å². The summed E-state index contributed by atoms with van der Waals surface area (Å²) in [4.78, 5) is 24.4. The second kappa shape index (κ2) is 9.54. The first-order chi connectivity index (χ1) is 12.0. The fourth-order valence-electron chi connectivity index (χ4n) is 3.18. The van der Waals surface area contributed by atoms with Gasteiger partial charge >= 0.3 is 0 Å². The molecule has 4 nitrogen and oxygen atoms in total. The highest BCUT2D eigenvalue weighted by molar-refractivity contribution is 5.81. The van der Waals surface area contributed by atoms with Crippen molar-refractivity contribution in [1.29, 1.82) is 0 Å². The van der Waals surface area contributed by atoms with Crippen LogP contribution in [-0.4, -0.2) is 18.4 Å². The topological polar surface area (TPSA) is 58.2 Å². The van der Waals surface area contributed by atoms with E-state index in [1.54, 1.807) is 12.1 Å². The molecule has 5 heteroatoms. The lowest BCUT2D eigenvalue weighted by molar-refractivity contribution is -0.130. The average molecular weight is 348 g/mol. The number of hydrogen-bond acceptors (Lipinski definition) is 2. The minimum atomic E-state index is -0.278. The van der Waals surface area contributed by atoms with Crippen molar-refractivity contribution in [2.24, 2.45) is 17.8 Å². The Morgan fingerprint density at radius 1 is 1.00 bits per heavy atom. The summed E-state index contributed by atoms with van der Waals surface area (Å²) < 4.78 is 12.9. The van der Waals surface area contributed by atoms with Crippen molar-refractivity contribution in [2.45, 2.75) is 52.5 Å². The van der Waals surface area contributed by atoms with Gasteiger partial charge in [0.05, 0.1) is 0 Å². The van der Waals surface area contributed by atoms with Crippen molar-refractivity contribution in [2.75, 3.05) is 6.54 Å². The predicted molar refractivity (Wildman–Crippen MR) is 96.2 cm³/mol. The van der Waals surface area contributed by atoms with E-state index < -0.39 is 0 Å². The first-order valence-electron chi connectivity index (χ1n) is 9.25. The Bertz CT molecular complexity index is 564. The third kappa shape index (κ3) is 6.48.